The van der Waals surface area contributed by atoms with E-state index in [4.69, 9.17) is 10.0 Å². The van der Waals surface area contributed by atoms with Gasteiger partial charge in [-0.3, -0.25) is 0 Å². The molecule has 1 unspecified atom stereocenters. The zero-order valence-corrected chi connectivity index (χ0v) is 8.42. The summed E-state index contributed by atoms with van der Waals surface area (Å²) in [6.45, 7) is 1.95. The molecule has 0 aliphatic carbocycles. The normalized spacial score (nSPS) is 22.6. The molecule has 15 heavy (non-hydrogen) atoms. The molecule has 0 aromatic heterocycles. The zero-order valence-electron chi connectivity index (χ0n) is 8.42. The van der Waals surface area contributed by atoms with Crippen LogP contribution in [0.4, 0.5) is 0 Å². The second-order valence-corrected chi connectivity index (χ2v) is 3.27. The van der Waals surface area contributed by atoms with E-state index in [2.05, 4.69) is 10.3 Å². The van der Waals surface area contributed by atoms with E-state index in [0.29, 0.717) is 17.8 Å². The van der Waals surface area contributed by atoms with Crippen molar-refractivity contribution in [3.05, 3.63) is 35.9 Å². The van der Waals surface area contributed by atoms with E-state index >= 15 is 0 Å². The number of hydrogen-bond acceptors (Lipinski definition) is 4. The van der Waals surface area contributed by atoms with Gasteiger partial charge in [0.05, 0.1) is 0 Å². The van der Waals surface area contributed by atoms with E-state index < -0.39 is 0 Å². The van der Waals surface area contributed by atoms with Crippen LogP contribution in [-0.2, 0) is 4.84 Å². The number of rotatable bonds is 2. The van der Waals surface area contributed by atoms with Crippen LogP contribution in [-0.4, -0.2) is 16.6 Å². The predicted molar refractivity (Wildman–Crippen MR) is 57.2 cm³/mol. The SMILES string of the molecule is CCC1=NOC(c2ccccc2)/C1=N\O. The molecule has 4 nitrogen and oxygen atoms in total. The van der Waals surface area contributed by atoms with Crippen molar-refractivity contribution in [1.29, 1.82) is 0 Å². The topological polar surface area (TPSA) is 54.2 Å². The van der Waals surface area contributed by atoms with Crippen molar-refractivity contribution in [3.63, 3.8) is 0 Å². The summed E-state index contributed by atoms with van der Waals surface area (Å²) in [6, 6.07) is 9.60. The Balaban J connectivity index is 2.28. The van der Waals surface area contributed by atoms with E-state index in [1.165, 1.54) is 0 Å². The molecule has 78 valence electrons. The first-order valence-electron chi connectivity index (χ1n) is 4.86. The fourth-order valence-electron chi connectivity index (χ4n) is 1.57. The maximum atomic E-state index is 8.93. The largest absolute Gasteiger partial charge is 0.410 e. The summed E-state index contributed by atoms with van der Waals surface area (Å²) < 4.78 is 0. The van der Waals surface area contributed by atoms with Crippen LogP contribution < -0.4 is 0 Å². The van der Waals surface area contributed by atoms with Gasteiger partial charge in [0.15, 0.2) is 11.8 Å². The molecule has 0 spiro atoms. The monoisotopic (exact) mass is 204 g/mol. The maximum absolute atomic E-state index is 8.93. The number of hydrogen-bond donors (Lipinski definition) is 1. The Labute approximate surface area is 87.9 Å². The quantitative estimate of drug-likeness (QED) is 0.593. The fraction of sp³-hybridized carbons (Fsp3) is 0.273. The van der Waals surface area contributed by atoms with E-state index in [1.807, 2.05) is 37.3 Å². The van der Waals surface area contributed by atoms with Crippen molar-refractivity contribution >= 4 is 11.4 Å². The third-order valence-electron chi connectivity index (χ3n) is 2.36. The molecule has 0 radical (unpaired) electrons. The summed E-state index contributed by atoms with van der Waals surface area (Å²) in [5.41, 5.74) is 2.15. The van der Waals surface area contributed by atoms with Gasteiger partial charge in [0, 0.05) is 5.56 Å². The summed E-state index contributed by atoms with van der Waals surface area (Å²) >= 11 is 0. The second kappa shape index (κ2) is 4.13. The van der Waals surface area contributed by atoms with Crippen molar-refractivity contribution in [3.8, 4) is 0 Å². The minimum atomic E-state index is -0.369. The first-order valence-corrected chi connectivity index (χ1v) is 4.86. The van der Waals surface area contributed by atoms with Gasteiger partial charge in [-0.15, -0.1) is 0 Å². The lowest BCUT2D eigenvalue weighted by Crippen LogP contribution is -2.16. The summed E-state index contributed by atoms with van der Waals surface area (Å²) in [6.07, 6.45) is 0.328. The molecular weight excluding hydrogens is 192 g/mol. The molecule has 4 heteroatoms. The first-order chi connectivity index (χ1) is 7.36. The molecule has 0 amide bonds. The van der Waals surface area contributed by atoms with Gasteiger partial charge in [-0.25, -0.2) is 0 Å². The van der Waals surface area contributed by atoms with Crippen LogP contribution in [0.15, 0.2) is 40.6 Å². The van der Waals surface area contributed by atoms with E-state index in [9.17, 15) is 0 Å². The van der Waals surface area contributed by atoms with E-state index in [0.717, 1.165) is 5.56 Å². The second-order valence-electron chi connectivity index (χ2n) is 3.27. The zero-order chi connectivity index (χ0) is 10.7. The Morgan fingerprint density at radius 3 is 2.73 bits per heavy atom. The number of oxime groups is 2. The van der Waals surface area contributed by atoms with Gasteiger partial charge >= 0.3 is 0 Å². The molecule has 1 aliphatic heterocycles. The average molecular weight is 204 g/mol. The van der Waals surface area contributed by atoms with Gasteiger partial charge in [-0.05, 0) is 6.42 Å². The predicted octanol–water partition coefficient (Wildman–Crippen LogP) is 2.35. The third kappa shape index (κ3) is 1.70. The van der Waals surface area contributed by atoms with Crippen LogP contribution >= 0.6 is 0 Å². The van der Waals surface area contributed by atoms with Gasteiger partial charge in [-0.1, -0.05) is 47.6 Å². The molecule has 0 fully saturated rings. The van der Waals surface area contributed by atoms with Crippen molar-refractivity contribution in [1.82, 2.24) is 0 Å². The van der Waals surface area contributed by atoms with Crippen molar-refractivity contribution in [2.24, 2.45) is 10.3 Å². The molecule has 0 bridgehead atoms. The molecule has 1 aliphatic rings. The van der Waals surface area contributed by atoms with Gasteiger partial charge < -0.3 is 10.0 Å². The van der Waals surface area contributed by atoms with E-state index in [1.54, 1.807) is 0 Å². The summed E-state index contributed by atoms with van der Waals surface area (Å²) in [5.74, 6) is 0. The minimum Gasteiger partial charge on any atom is -0.410 e. The van der Waals surface area contributed by atoms with Crippen molar-refractivity contribution < 1.29 is 10.0 Å². The average Bonchev–Trinajstić information content (AvgIpc) is 2.72. The van der Waals surface area contributed by atoms with Crippen LogP contribution in [0.2, 0.25) is 0 Å². The van der Waals surface area contributed by atoms with Crippen LogP contribution in [0.3, 0.4) is 0 Å². The van der Waals surface area contributed by atoms with Crippen molar-refractivity contribution in [2.45, 2.75) is 19.4 Å². The summed E-state index contributed by atoms with van der Waals surface area (Å²) in [5, 5.41) is 16.1. The molecular formula is C11H12N2O2. The van der Waals surface area contributed by atoms with Gasteiger partial charge in [0.2, 0.25) is 0 Å². The van der Waals surface area contributed by atoms with Crippen LogP contribution in [0.5, 0.6) is 0 Å². The Morgan fingerprint density at radius 1 is 1.40 bits per heavy atom. The van der Waals surface area contributed by atoms with Gasteiger partial charge in [0.25, 0.3) is 0 Å². The lowest BCUT2D eigenvalue weighted by atomic mass is 10.0. The first kappa shape index (κ1) is 9.71. The van der Waals surface area contributed by atoms with E-state index in [-0.39, 0.29) is 6.10 Å². The highest BCUT2D eigenvalue weighted by atomic mass is 16.6. The highest BCUT2D eigenvalue weighted by molar-refractivity contribution is 6.44. The summed E-state index contributed by atoms with van der Waals surface area (Å²) in [4.78, 5) is 5.24. The molecule has 1 N–H and O–H groups in total. The Bertz CT molecular complexity index is 398. The third-order valence-corrected chi connectivity index (χ3v) is 2.36. The molecule has 0 saturated heterocycles. The van der Waals surface area contributed by atoms with Crippen LogP contribution in [0.1, 0.15) is 25.0 Å². The standard InChI is InChI=1S/C11H12N2O2/c1-2-9-10(12-14)11(15-13-9)8-6-4-3-5-7-8/h3-7,11,14H,2H2,1H3/b12-10-. The Hall–Kier alpha value is -1.84. The number of benzene rings is 1. The molecule has 1 atom stereocenters. The Kier molecular flexibility index (Phi) is 2.67. The number of nitrogens with zero attached hydrogens (tertiary/aromatic N) is 2. The lowest BCUT2D eigenvalue weighted by Gasteiger charge is -2.08. The highest BCUT2D eigenvalue weighted by Gasteiger charge is 2.30. The molecule has 1 heterocycles. The lowest BCUT2D eigenvalue weighted by molar-refractivity contribution is 0.117. The fourth-order valence-corrected chi connectivity index (χ4v) is 1.57. The molecule has 1 aromatic rings. The maximum Gasteiger partial charge on any atom is 0.199 e. The highest BCUT2D eigenvalue weighted by Crippen LogP contribution is 2.25. The molecule has 2 rings (SSSR count). The molecule has 0 saturated carbocycles. The van der Waals surface area contributed by atoms with Crippen molar-refractivity contribution in [2.75, 3.05) is 0 Å². The smallest absolute Gasteiger partial charge is 0.199 e. The molecule has 1 aromatic carbocycles. The van der Waals surface area contributed by atoms with Gasteiger partial charge in [-0.2, -0.15) is 0 Å². The van der Waals surface area contributed by atoms with Crippen LogP contribution in [0.25, 0.3) is 0 Å². The summed E-state index contributed by atoms with van der Waals surface area (Å²) in [7, 11) is 0. The van der Waals surface area contributed by atoms with Gasteiger partial charge in [0.1, 0.15) is 5.71 Å². The Morgan fingerprint density at radius 2 is 2.13 bits per heavy atom. The van der Waals surface area contributed by atoms with Crippen LogP contribution in [0, 0.1) is 0 Å². The minimum absolute atomic E-state index is 0.369.